The van der Waals surface area contributed by atoms with E-state index in [0.717, 1.165) is 0 Å². The molecule has 1 N–H and O–H groups in total. The van der Waals surface area contributed by atoms with Crippen molar-refractivity contribution in [2.45, 2.75) is 13.8 Å². The van der Waals surface area contributed by atoms with Crippen molar-refractivity contribution >= 4 is 11.8 Å². The van der Waals surface area contributed by atoms with Crippen LogP contribution in [-0.4, -0.2) is 31.1 Å². The van der Waals surface area contributed by atoms with Gasteiger partial charge in [-0.25, -0.2) is 0 Å². The van der Waals surface area contributed by atoms with Gasteiger partial charge in [-0.3, -0.25) is 9.59 Å². The largest absolute Gasteiger partial charge is 0.493 e. The molecule has 104 valence electrons. The number of benzene rings is 1. The van der Waals surface area contributed by atoms with Crippen LogP contribution in [0.1, 0.15) is 24.2 Å². The molecular weight excluding hydrogens is 248 g/mol. The monoisotopic (exact) mass is 266 g/mol. The number of ether oxygens (including phenoxy) is 2. The van der Waals surface area contributed by atoms with Gasteiger partial charge in [0, 0.05) is 5.92 Å². The summed E-state index contributed by atoms with van der Waals surface area (Å²) < 4.78 is 10.3. The highest BCUT2D eigenvalue weighted by Crippen LogP contribution is 2.33. The van der Waals surface area contributed by atoms with Gasteiger partial charge in [-0.1, -0.05) is 19.9 Å². The molecule has 5 heteroatoms. The van der Waals surface area contributed by atoms with Crippen molar-refractivity contribution < 1.29 is 24.2 Å². The lowest BCUT2D eigenvalue weighted by atomic mass is 9.88. The maximum Gasteiger partial charge on any atom is 0.306 e. The van der Waals surface area contributed by atoms with Crippen molar-refractivity contribution in [3.8, 4) is 11.5 Å². The van der Waals surface area contributed by atoms with Crippen LogP contribution in [-0.2, 0) is 4.79 Å². The number of carbonyl (C=O) groups is 2. The summed E-state index contributed by atoms with van der Waals surface area (Å²) in [6.45, 7) is 3.11. The zero-order valence-corrected chi connectivity index (χ0v) is 11.5. The summed E-state index contributed by atoms with van der Waals surface area (Å²) >= 11 is 0. The standard InChI is InChI=1S/C14H18O5/c1-8(9(2)14(16)17)12(15)10-6-5-7-11(18-3)13(10)19-4/h5-9H,1-4H3,(H,16,17). The van der Waals surface area contributed by atoms with Crippen molar-refractivity contribution in [3.05, 3.63) is 23.8 Å². The van der Waals surface area contributed by atoms with Crippen molar-refractivity contribution in [2.24, 2.45) is 11.8 Å². The van der Waals surface area contributed by atoms with Gasteiger partial charge in [0.05, 0.1) is 25.7 Å². The fraction of sp³-hybridized carbons (Fsp3) is 0.429. The first-order chi connectivity index (χ1) is 8.93. The van der Waals surface area contributed by atoms with Gasteiger partial charge in [-0.2, -0.15) is 0 Å². The summed E-state index contributed by atoms with van der Waals surface area (Å²) in [6.07, 6.45) is 0. The van der Waals surface area contributed by atoms with E-state index in [0.29, 0.717) is 17.1 Å². The molecule has 0 aliphatic heterocycles. The zero-order valence-electron chi connectivity index (χ0n) is 11.5. The van der Waals surface area contributed by atoms with E-state index in [4.69, 9.17) is 14.6 Å². The van der Waals surface area contributed by atoms with Gasteiger partial charge in [0.1, 0.15) is 0 Å². The van der Waals surface area contributed by atoms with Crippen molar-refractivity contribution in [1.29, 1.82) is 0 Å². The number of methoxy groups -OCH3 is 2. The normalized spacial score (nSPS) is 13.5. The number of Topliss-reactive ketones (excluding diaryl/α,β-unsaturated/α-hetero) is 1. The minimum Gasteiger partial charge on any atom is -0.493 e. The molecule has 0 aromatic heterocycles. The number of carboxylic acids is 1. The third kappa shape index (κ3) is 3.05. The van der Waals surface area contributed by atoms with E-state index in [2.05, 4.69) is 0 Å². The summed E-state index contributed by atoms with van der Waals surface area (Å²) in [4.78, 5) is 23.3. The van der Waals surface area contributed by atoms with Crippen LogP contribution in [0.3, 0.4) is 0 Å². The first kappa shape index (κ1) is 15.0. The van der Waals surface area contributed by atoms with Crippen LogP contribution in [0.4, 0.5) is 0 Å². The van der Waals surface area contributed by atoms with Crippen molar-refractivity contribution in [3.63, 3.8) is 0 Å². The van der Waals surface area contributed by atoms with Crippen molar-refractivity contribution in [1.82, 2.24) is 0 Å². The minimum absolute atomic E-state index is 0.273. The first-order valence-electron chi connectivity index (χ1n) is 5.92. The van der Waals surface area contributed by atoms with Crippen molar-refractivity contribution in [2.75, 3.05) is 14.2 Å². The second-order valence-corrected chi connectivity index (χ2v) is 4.32. The molecule has 0 aliphatic carbocycles. The molecule has 0 spiro atoms. The molecule has 0 radical (unpaired) electrons. The highest BCUT2D eigenvalue weighted by atomic mass is 16.5. The molecule has 1 rings (SSSR count). The Balaban J connectivity index is 3.16. The van der Waals surface area contributed by atoms with E-state index in [9.17, 15) is 9.59 Å². The van der Waals surface area contributed by atoms with Crippen LogP contribution in [0.15, 0.2) is 18.2 Å². The minimum atomic E-state index is -0.997. The maximum atomic E-state index is 12.3. The molecule has 0 amide bonds. The molecule has 0 fully saturated rings. The summed E-state index contributed by atoms with van der Waals surface area (Å²) in [6, 6.07) is 4.96. The summed E-state index contributed by atoms with van der Waals surface area (Å²) in [5, 5.41) is 8.97. The number of aliphatic carboxylic acids is 1. The predicted molar refractivity (Wildman–Crippen MR) is 69.8 cm³/mol. The van der Waals surface area contributed by atoms with Crippen LogP contribution >= 0.6 is 0 Å². The maximum absolute atomic E-state index is 12.3. The van der Waals surface area contributed by atoms with E-state index in [1.54, 1.807) is 25.1 Å². The van der Waals surface area contributed by atoms with E-state index in [1.807, 2.05) is 0 Å². The number of hydrogen-bond donors (Lipinski definition) is 1. The second kappa shape index (κ2) is 6.22. The Labute approximate surface area is 112 Å². The molecular formula is C14H18O5. The summed E-state index contributed by atoms with van der Waals surface area (Å²) in [7, 11) is 2.93. The van der Waals surface area contributed by atoms with Gasteiger partial charge < -0.3 is 14.6 Å². The quantitative estimate of drug-likeness (QED) is 0.799. The zero-order chi connectivity index (χ0) is 14.6. The van der Waals surface area contributed by atoms with Crippen LogP contribution < -0.4 is 9.47 Å². The molecule has 0 aliphatic rings. The summed E-state index contributed by atoms with van der Waals surface area (Å²) in [5.74, 6) is -1.89. The van der Waals surface area contributed by atoms with Gasteiger partial charge in [0.2, 0.25) is 0 Å². The fourth-order valence-electron chi connectivity index (χ4n) is 1.77. The first-order valence-corrected chi connectivity index (χ1v) is 5.92. The molecule has 0 heterocycles. The van der Waals surface area contributed by atoms with Crippen LogP contribution in [0.5, 0.6) is 11.5 Å². The number of carboxylic acid groups (broad SMARTS) is 1. The van der Waals surface area contributed by atoms with Gasteiger partial charge in [0.25, 0.3) is 0 Å². The Morgan fingerprint density at radius 1 is 1.11 bits per heavy atom. The van der Waals surface area contributed by atoms with Gasteiger partial charge >= 0.3 is 5.97 Å². The Bertz CT molecular complexity index is 481. The second-order valence-electron chi connectivity index (χ2n) is 4.32. The number of hydrogen-bond acceptors (Lipinski definition) is 4. The topological polar surface area (TPSA) is 72.8 Å². The SMILES string of the molecule is COc1cccc(C(=O)C(C)C(C)C(=O)O)c1OC. The Hall–Kier alpha value is -2.04. The Morgan fingerprint density at radius 2 is 1.74 bits per heavy atom. The van der Waals surface area contributed by atoms with Crippen LogP contribution in [0.2, 0.25) is 0 Å². The van der Waals surface area contributed by atoms with Gasteiger partial charge in [-0.05, 0) is 12.1 Å². The average Bonchev–Trinajstić information content (AvgIpc) is 2.43. The van der Waals surface area contributed by atoms with Crippen LogP contribution in [0.25, 0.3) is 0 Å². The highest BCUT2D eigenvalue weighted by Gasteiger charge is 2.29. The molecule has 1 aromatic rings. The third-order valence-electron chi connectivity index (χ3n) is 3.22. The highest BCUT2D eigenvalue weighted by molar-refractivity contribution is 6.02. The van der Waals surface area contributed by atoms with Crippen LogP contribution in [0, 0.1) is 11.8 Å². The number of ketones is 1. The average molecular weight is 266 g/mol. The van der Waals surface area contributed by atoms with E-state index >= 15 is 0 Å². The number of carbonyl (C=O) groups excluding carboxylic acids is 1. The Morgan fingerprint density at radius 3 is 2.21 bits per heavy atom. The Kier molecular flexibility index (Phi) is 4.92. The number of para-hydroxylation sites is 1. The van der Waals surface area contributed by atoms with E-state index in [1.165, 1.54) is 21.1 Å². The molecule has 2 atom stereocenters. The third-order valence-corrected chi connectivity index (χ3v) is 3.22. The lowest BCUT2D eigenvalue weighted by molar-refractivity contribution is -0.142. The smallest absolute Gasteiger partial charge is 0.306 e. The number of rotatable bonds is 6. The lowest BCUT2D eigenvalue weighted by Crippen LogP contribution is -2.25. The molecule has 0 saturated heterocycles. The van der Waals surface area contributed by atoms with E-state index < -0.39 is 17.8 Å². The van der Waals surface area contributed by atoms with Gasteiger partial charge in [-0.15, -0.1) is 0 Å². The van der Waals surface area contributed by atoms with Gasteiger partial charge in [0.15, 0.2) is 17.3 Å². The molecule has 0 bridgehead atoms. The molecule has 0 saturated carbocycles. The molecule has 19 heavy (non-hydrogen) atoms. The fourth-order valence-corrected chi connectivity index (χ4v) is 1.77. The molecule has 1 aromatic carbocycles. The predicted octanol–water partition coefficient (Wildman–Crippen LogP) is 2.24. The molecule has 2 unspecified atom stereocenters. The summed E-state index contributed by atoms with van der Waals surface area (Å²) in [5.41, 5.74) is 0.336. The van der Waals surface area contributed by atoms with E-state index in [-0.39, 0.29) is 5.78 Å². The lowest BCUT2D eigenvalue weighted by Gasteiger charge is -2.17. The molecule has 5 nitrogen and oxygen atoms in total.